The first-order valence-electron chi connectivity index (χ1n) is 8.73. The first-order chi connectivity index (χ1) is 13.0. The summed E-state index contributed by atoms with van der Waals surface area (Å²) in [6, 6.07) is 16.0. The van der Waals surface area contributed by atoms with Crippen molar-refractivity contribution in [2.75, 3.05) is 6.54 Å². The molecule has 6 nitrogen and oxygen atoms in total. The maximum atomic E-state index is 12.5. The molecule has 2 aromatic carbocycles. The number of hydrogen-bond acceptors (Lipinski definition) is 4. The quantitative estimate of drug-likeness (QED) is 0.724. The molecule has 1 atom stereocenters. The summed E-state index contributed by atoms with van der Waals surface area (Å²) in [7, 11) is 0. The van der Waals surface area contributed by atoms with E-state index in [4.69, 9.17) is 4.42 Å². The van der Waals surface area contributed by atoms with E-state index >= 15 is 0 Å². The zero-order chi connectivity index (χ0) is 19.0. The van der Waals surface area contributed by atoms with Gasteiger partial charge in [-0.15, -0.1) is 0 Å². The molecule has 1 aliphatic heterocycles. The molecule has 1 N–H and O–H groups in total. The molecule has 0 aliphatic carbocycles. The third kappa shape index (κ3) is 3.21. The SMILES string of the molecule is C[C@H](NC(=O)CN1C(=O)Cc2ccccc2C1=O)c1cc2ccccc2o1. The molecule has 0 saturated carbocycles. The minimum atomic E-state index is -0.437. The van der Waals surface area contributed by atoms with E-state index < -0.39 is 11.8 Å². The zero-order valence-corrected chi connectivity index (χ0v) is 14.8. The minimum Gasteiger partial charge on any atom is -0.459 e. The number of furan rings is 1. The highest BCUT2D eigenvalue weighted by Gasteiger charge is 2.32. The maximum absolute atomic E-state index is 12.5. The van der Waals surface area contributed by atoms with Crippen molar-refractivity contribution < 1.29 is 18.8 Å². The largest absolute Gasteiger partial charge is 0.459 e. The Labute approximate surface area is 155 Å². The zero-order valence-electron chi connectivity index (χ0n) is 14.8. The molecule has 0 bridgehead atoms. The number of imide groups is 1. The molecule has 3 amide bonds. The highest BCUT2D eigenvalue weighted by molar-refractivity contribution is 6.11. The van der Waals surface area contributed by atoms with Gasteiger partial charge in [-0.1, -0.05) is 36.4 Å². The van der Waals surface area contributed by atoms with Crippen LogP contribution in [0.25, 0.3) is 11.0 Å². The van der Waals surface area contributed by atoms with Crippen LogP contribution in [-0.2, 0) is 16.0 Å². The van der Waals surface area contributed by atoms with Crippen molar-refractivity contribution in [1.29, 1.82) is 0 Å². The second-order valence-electron chi connectivity index (χ2n) is 6.59. The minimum absolute atomic E-state index is 0.119. The fraction of sp³-hybridized carbons (Fsp3) is 0.190. The van der Waals surface area contributed by atoms with Gasteiger partial charge in [0.2, 0.25) is 11.8 Å². The Morgan fingerprint density at radius 1 is 1.15 bits per heavy atom. The summed E-state index contributed by atoms with van der Waals surface area (Å²) < 4.78 is 5.75. The third-order valence-corrected chi connectivity index (χ3v) is 4.69. The van der Waals surface area contributed by atoms with Gasteiger partial charge < -0.3 is 9.73 Å². The molecule has 3 aromatic rings. The second-order valence-corrected chi connectivity index (χ2v) is 6.59. The van der Waals surface area contributed by atoms with E-state index in [0.717, 1.165) is 15.9 Å². The van der Waals surface area contributed by atoms with Crippen LogP contribution in [-0.4, -0.2) is 29.2 Å². The normalized spacial score (nSPS) is 14.9. The molecule has 1 aliphatic rings. The predicted octanol–water partition coefficient (Wildman–Crippen LogP) is 2.84. The van der Waals surface area contributed by atoms with Crippen LogP contribution in [0.15, 0.2) is 59.0 Å². The average molecular weight is 362 g/mol. The molecule has 0 radical (unpaired) electrons. The Kier molecular flexibility index (Phi) is 4.24. The van der Waals surface area contributed by atoms with E-state index in [9.17, 15) is 14.4 Å². The van der Waals surface area contributed by atoms with E-state index in [1.165, 1.54) is 0 Å². The number of nitrogens with zero attached hydrogens (tertiary/aromatic N) is 1. The van der Waals surface area contributed by atoms with Gasteiger partial charge in [-0.2, -0.15) is 0 Å². The third-order valence-electron chi connectivity index (χ3n) is 4.69. The summed E-state index contributed by atoms with van der Waals surface area (Å²) in [5.74, 6) is -0.603. The lowest BCUT2D eigenvalue weighted by Gasteiger charge is -2.26. The Hall–Kier alpha value is -3.41. The van der Waals surface area contributed by atoms with E-state index in [0.29, 0.717) is 16.9 Å². The monoisotopic (exact) mass is 362 g/mol. The molecule has 2 heterocycles. The van der Waals surface area contributed by atoms with Gasteiger partial charge in [-0.3, -0.25) is 19.3 Å². The molecule has 1 aromatic heterocycles. The standard InChI is InChI=1S/C21H18N2O4/c1-13(18-10-15-7-3-5-9-17(15)27-18)22-19(24)12-23-20(25)11-14-6-2-4-8-16(14)21(23)26/h2-10,13H,11-12H2,1H3,(H,22,24)/t13-/m0/s1. The molecule has 0 spiro atoms. The van der Waals surface area contributed by atoms with Crippen molar-refractivity contribution in [1.82, 2.24) is 10.2 Å². The van der Waals surface area contributed by atoms with E-state index in [2.05, 4.69) is 5.32 Å². The predicted molar refractivity (Wildman–Crippen MR) is 99.0 cm³/mol. The lowest BCUT2D eigenvalue weighted by atomic mass is 9.98. The van der Waals surface area contributed by atoms with Crippen molar-refractivity contribution in [3.05, 3.63) is 71.5 Å². The first-order valence-corrected chi connectivity index (χ1v) is 8.73. The van der Waals surface area contributed by atoms with Crippen LogP contribution in [0.5, 0.6) is 0 Å². The summed E-state index contributed by atoms with van der Waals surface area (Å²) in [6.07, 6.45) is 0.119. The topological polar surface area (TPSA) is 79.6 Å². The summed E-state index contributed by atoms with van der Waals surface area (Å²) in [4.78, 5) is 38.2. The van der Waals surface area contributed by atoms with Crippen molar-refractivity contribution >= 4 is 28.7 Å². The van der Waals surface area contributed by atoms with Crippen molar-refractivity contribution in [2.24, 2.45) is 0 Å². The van der Waals surface area contributed by atoms with Crippen molar-refractivity contribution in [3.8, 4) is 0 Å². The average Bonchev–Trinajstić information content (AvgIpc) is 3.09. The number of benzene rings is 2. The van der Waals surface area contributed by atoms with Crippen molar-refractivity contribution in [2.45, 2.75) is 19.4 Å². The lowest BCUT2D eigenvalue weighted by Crippen LogP contribution is -2.47. The van der Waals surface area contributed by atoms with E-state index in [1.54, 1.807) is 31.2 Å². The number of carbonyl (C=O) groups excluding carboxylic acids is 3. The smallest absolute Gasteiger partial charge is 0.261 e. The number of rotatable bonds is 4. The maximum Gasteiger partial charge on any atom is 0.261 e. The van der Waals surface area contributed by atoms with Crippen LogP contribution in [0, 0.1) is 0 Å². The number of carbonyl (C=O) groups is 3. The van der Waals surface area contributed by atoms with Crippen LogP contribution in [0.2, 0.25) is 0 Å². The van der Waals surface area contributed by atoms with Crippen LogP contribution in [0.3, 0.4) is 0 Å². The molecule has 0 fully saturated rings. The highest BCUT2D eigenvalue weighted by atomic mass is 16.3. The lowest BCUT2D eigenvalue weighted by molar-refractivity contribution is -0.133. The van der Waals surface area contributed by atoms with Gasteiger partial charge in [0.25, 0.3) is 5.91 Å². The number of nitrogens with one attached hydrogen (secondary N) is 1. The van der Waals surface area contributed by atoms with Crippen LogP contribution < -0.4 is 5.32 Å². The fourth-order valence-corrected chi connectivity index (χ4v) is 3.28. The Balaban J connectivity index is 1.46. The van der Waals surface area contributed by atoms with Crippen LogP contribution in [0.4, 0.5) is 0 Å². The van der Waals surface area contributed by atoms with E-state index in [1.807, 2.05) is 30.3 Å². The molecule has 0 saturated heterocycles. The summed E-state index contributed by atoms with van der Waals surface area (Å²) >= 11 is 0. The second kappa shape index (κ2) is 6.72. The summed E-state index contributed by atoms with van der Waals surface area (Å²) in [6.45, 7) is 1.49. The molecule has 4 rings (SSSR count). The Morgan fingerprint density at radius 2 is 1.89 bits per heavy atom. The van der Waals surface area contributed by atoms with Gasteiger partial charge >= 0.3 is 0 Å². The fourth-order valence-electron chi connectivity index (χ4n) is 3.28. The molecule has 6 heteroatoms. The van der Waals surface area contributed by atoms with Gasteiger partial charge in [-0.05, 0) is 30.7 Å². The van der Waals surface area contributed by atoms with Crippen LogP contribution >= 0.6 is 0 Å². The van der Waals surface area contributed by atoms with Crippen LogP contribution in [0.1, 0.15) is 34.6 Å². The first kappa shape index (κ1) is 17.0. The Morgan fingerprint density at radius 3 is 2.70 bits per heavy atom. The van der Waals surface area contributed by atoms with Gasteiger partial charge in [0.1, 0.15) is 17.9 Å². The number of para-hydroxylation sites is 1. The number of amides is 3. The number of fused-ring (bicyclic) bond motifs is 2. The highest BCUT2D eigenvalue weighted by Crippen LogP contribution is 2.24. The van der Waals surface area contributed by atoms with Gasteiger partial charge in [0.05, 0.1) is 12.5 Å². The molecular formula is C21H18N2O4. The van der Waals surface area contributed by atoms with Crippen molar-refractivity contribution in [3.63, 3.8) is 0 Å². The molecule has 0 unspecified atom stereocenters. The molecule has 136 valence electrons. The van der Waals surface area contributed by atoms with Gasteiger partial charge in [-0.25, -0.2) is 0 Å². The molecular weight excluding hydrogens is 344 g/mol. The number of hydrogen-bond donors (Lipinski definition) is 1. The summed E-state index contributed by atoms with van der Waals surface area (Å²) in [5.41, 5.74) is 1.90. The summed E-state index contributed by atoms with van der Waals surface area (Å²) in [5, 5.41) is 3.74. The Bertz CT molecular complexity index is 1020. The molecule has 27 heavy (non-hydrogen) atoms. The van der Waals surface area contributed by atoms with Gasteiger partial charge in [0, 0.05) is 10.9 Å². The van der Waals surface area contributed by atoms with Gasteiger partial charge in [0.15, 0.2) is 0 Å². The van der Waals surface area contributed by atoms with E-state index in [-0.39, 0.29) is 24.9 Å².